The van der Waals surface area contributed by atoms with Gasteiger partial charge in [-0.05, 0) is 31.5 Å². The molecule has 4 rings (SSSR count). The Hall–Kier alpha value is -4.18. The van der Waals surface area contributed by atoms with Gasteiger partial charge in [0.05, 0.1) is 34.5 Å². The van der Waals surface area contributed by atoms with Crippen LogP contribution in [0.1, 0.15) is 34.6 Å². The number of carbonyl (C=O) groups is 3. The van der Waals surface area contributed by atoms with E-state index in [4.69, 9.17) is 25.6 Å². The highest BCUT2D eigenvalue weighted by Crippen LogP contribution is 2.34. The Morgan fingerprint density at radius 1 is 1.11 bits per heavy atom. The lowest BCUT2D eigenvalue weighted by Crippen LogP contribution is -2.47. The molecule has 1 aromatic heterocycles. The molecule has 0 saturated carbocycles. The number of aryl methyl sites for hydroxylation is 1. The summed E-state index contributed by atoms with van der Waals surface area (Å²) in [5.74, 6) is -2.23. The van der Waals surface area contributed by atoms with E-state index in [2.05, 4.69) is 15.8 Å². The molecule has 2 aromatic carbocycles. The van der Waals surface area contributed by atoms with Gasteiger partial charge in [-0.2, -0.15) is 0 Å². The summed E-state index contributed by atoms with van der Waals surface area (Å²) >= 11 is 6.14. The first-order chi connectivity index (χ1) is 17.3. The Labute approximate surface area is 210 Å². The minimum absolute atomic E-state index is 0.0287. The summed E-state index contributed by atoms with van der Waals surface area (Å²) in [5.41, 5.74) is 0.366. The third kappa shape index (κ3) is 4.94. The maximum absolute atomic E-state index is 14.5. The average molecular weight is 514 g/mol. The minimum Gasteiger partial charge on any atom is -0.463 e. The molecule has 0 radical (unpaired) electrons. The summed E-state index contributed by atoms with van der Waals surface area (Å²) in [5, 5.41) is 9.02. The summed E-state index contributed by atoms with van der Waals surface area (Å²) in [4.78, 5) is 38.3. The van der Waals surface area contributed by atoms with Crippen LogP contribution in [-0.2, 0) is 14.3 Å². The van der Waals surface area contributed by atoms with Crippen molar-refractivity contribution in [3.05, 3.63) is 87.5 Å². The number of urea groups is 1. The van der Waals surface area contributed by atoms with Crippen LogP contribution in [0.3, 0.4) is 0 Å². The van der Waals surface area contributed by atoms with Crippen LogP contribution in [0.4, 0.5) is 9.18 Å². The largest absolute Gasteiger partial charge is 0.463 e. The molecule has 0 spiro atoms. The number of carbonyl (C=O) groups excluding carboxylic acids is 3. The second-order valence-electron chi connectivity index (χ2n) is 7.69. The van der Waals surface area contributed by atoms with E-state index in [0.717, 1.165) is 0 Å². The molecule has 0 saturated heterocycles. The van der Waals surface area contributed by atoms with Gasteiger partial charge in [-0.15, -0.1) is 0 Å². The van der Waals surface area contributed by atoms with E-state index in [-0.39, 0.29) is 45.5 Å². The van der Waals surface area contributed by atoms with Crippen LogP contribution in [0, 0.1) is 12.7 Å². The number of amides is 2. The number of hydrogen-bond acceptors (Lipinski definition) is 7. The number of nitrogens with one attached hydrogen (secondary N) is 2. The molecule has 186 valence electrons. The van der Waals surface area contributed by atoms with Gasteiger partial charge in [-0.3, -0.25) is 0 Å². The van der Waals surface area contributed by atoms with Gasteiger partial charge in [0.15, 0.2) is 0 Å². The third-order valence-electron chi connectivity index (χ3n) is 5.40. The van der Waals surface area contributed by atoms with Crippen molar-refractivity contribution in [3.63, 3.8) is 0 Å². The van der Waals surface area contributed by atoms with Gasteiger partial charge in [0.1, 0.15) is 29.4 Å². The summed E-state index contributed by atoms with van der Waals surface area (Å²) in [7, 11) is 0. The second kappa shape index (κ2) is 10.6. The maximum atomic E-state index is 14.5. The van der Waals surface area contributed by atoms with Gasteiger partial charge in [-0.25, -0.2) is 18.8 Å². The predicted octanol–water partition coefficient (Wildman–Crippen LogP) is 4.47. The fourth-order valence-corrected chi connectivity index (χ4v) is 4.05. The molecule has 1 aliphatic rings. The van der Waals surface area contributed by atoms with Gasteiger partial charge in [-0.1, -0.05) is 53.2 Å². The van der Waals surface area contributed by atoms with Crippen molar-refractivity contribution in [1.82, 2.24) is 15.8 Å². The average Bonchev–Trinajstić information content (AvgIpc) is 3.23. The molecule has 0 fully saturated rings. The van der Waals surface area contributed by atoms with Gasteiger partial charge in [0.2, 0.25) is 0 Å². The van der Waals surface area contributed by atoms with Crippen LogP contribution in [-0.4, -0.2) is 36.3 Å². The molecule has 1 aliphatic heterocycles. The molecule has 2 heterocycles. The van der Waals surface area contributed by atoms with E-state index in [1.54, 1.807) is 37.3 Å². The van der Waals surface area contributed by atoms with Gasteiger partial charge >= 0.3 is 18.0 Å². The maximum Gasteiger partial charge on any atom is 0.344 e. The number of hydrogen-bond donors (Lipinski definition) is 2. The normalized spacial score (nSPS) is 15.2. The lowest BCUT2D eigenvalue weighted by Gasteiger charge is -2.29. The first kappa shape index (κ1) is 24.9. The second-order valence-corrected chi connectivity index (χ2v) is 8.10. The Morgan fingerprint density at radius 2 is 1.86 bits per heavy atom. The highest BCUT2D eigenvalue weighted by Gasteiger charge is 2.35. The number of rotatable bonds is 7. The van der Waals surface area contributed by atoms with Crippen molar-refractivity contribution in [1.29, 1.82) is 0 Å². The first-order valence-corrected chi connectivity index (χ1v) is 11.3. The zero-order chi connectivity index (χ0) is 25.8. The molecule has 3 aromatic rings. The van der Waals surface area contributed by atoms with Crippen LogP contribution in [0.5, 0.6) is 0 Å². The van der Waals surface area contributed by atoms with Gasteiger partial charge in [0, 0.05) is 0 Å². The molecular weight excluding hydrogens is 493 g/mol. The van der Waals surface area contributed by atoms with Crippen molar-refractivity contribution in [2.75, 3.05) is 13.2 Å². The van der Waals surface area contributed by atoms with Crippen LogP contribution < -0.4 is 10.6 Å². The Kier molecular flexibility index (Phi) is 7.35. The highest BCUT2D eigenvalue weighted by molar-refractivity contribution is 6.33. The molecule has 2 N–H and O–H groups in total. The van der Waals surface area contributed by atoms with Gasteiger partial charge < -0.3 is 24.6 Å². The fourth-order valence-electron chi connectivity index (χ4n) is 3.79. The zero-order valence-electron chi connectivity index (χ0n) is 19.3. The summed E-state index contributed by atoms with van der Waals surface area (Å²) in [6, 6.07) is 11.4. The predicted molar refractivity (Wildman–Crippen MR) is 126 cm³/mol. The lowest BCUT2D eigenvalue weighted by molar-refractivity contribution is -0.139. The summed E-state index contributed by atoms with van der Waals surface area (Å²) < 4.78 is 30.2. The van der Waals surface area contributed by atoms with Crippen LogP contribution in [0.25, 0.3) is 11.3 Å². The van der Waals surface area contributed by atoms with E-state index in [1.807, 2.05) is 0 Å². The third-order valence-corrected chi connectivity index (χ3v) is 5.71. The van der Waals surface area contributed by atoms with Crippen molar-refractivity contribution >= 4 is 29.6 Å². The standard InChI is InChI=1S/C25H21ClFN3O6/c1-3-34-24(32)20-17(28-25(33)29-21(20)14-8-5-4-6-9-14)12-35-23(31)18-13(2)36-30-22(18)19-15(26)10-7-11-16(19)27/h4-11,21H,3,12H2,1-2H3,(H2,28,29,33)/t21-/m0/s1. The van der Waals surface area contributed by atoms with E-state index in [9.17, 15) is 18.8 Å². The highest BCUT2D eigenvalue weighted by atomic mass is 35.5. The molecule has 11 heteroatoms. The van der Waals surface area contributed by atoms with E-state index in [0.29, 0.717) is 5.56 Å². The quantitative estimate of drug-likeness (QED) is 0.447. The molecule has 36 heavy (non-hydrogen) atoms. The minimum atomic E-state index is -0.914. The molecular formula is C25H21ClFN3O6. The Bertz CT molecular complexity index is 1330. The number of ether oxygens (including phenoxy) is 2. The Balaban J connectivity index is 1.68. The van der Waals surface area contributed by atoms with Gasteiger partial charge in [0.25, 0.3) is 0 Å². The van der Waals surface area contributed by atoms with Crippen molar-refractivity contribution in [2.45, 2.75) is 19.9 Å². The Morgan fingerprint density at radius 3 is 2.56 bits per heavy atom. The first-order valence-electron chi connectivity index (χ1n) is 10.9. The number of esters is 2. The van der Waals surface area contributed by atoms with E-state index in [1.165, 1.54) is 25.1 Å². The summed E-state index contributed by atoms with van der Waals surface area (Å²) in [6.45, 7) is 2.72. The topological polar surface area (TPSA) is 120 Å². The van der Waals surface area contributed by atoms with Crippen molar-refractivity contribution < 1.29 is 32.8 Å². The number of benzene rings is 2. The number of halogens is 2. The SMILES string of the molecule is CCOC(=O)C1=C(COC(=O)c2c(-c3c(F)cccc3Cl)noc2C)NC(=O)N[C@H]1c1ccccc1. The smallest absolute Gasteiger partial charge is 0.344 e. The van der Waals surface area contributed by atoms with E-state index >= 15 is 0 Å². The van der Waals surface area contributed by atoms with Crippen LogP contribution in [0.2, 0.25) is 5.02 Å². The fraction of sp³-hybridized carbons (Fsp3) is 0.200. The number of aromatic nitrogens is 1. The molecule has 0 aliphatic carbocycles. The van der Waals surface area contributed by atoms with Crippen LogP contribution >= 0.6 is 11.6 Å². The molecule has 1 atom stereocenters. The summed E-state index contributed by atoms with van der Waals surface area (Å²) in [6.07, 6.45) is 0. The number of nitrogens with zero attached hydrogens (tertiary/aromatic N) is 1. The van der Waals surface area contributed by atoms with E-state index < -0.39 is 36.4 Å². The van der Waals surface area contributed by atoms with Crippen molar-refractivity contribution in [3.8, 4) is 11.3 Å². The lowest BCUT2D eigenvalue weighted by atomic mass is 9.95. The molecule has 0 bridgehead atoms. The molecule has 2 amide bonds. The zero-order valence-corrected chi connectivity index (χ0v) is 20.0. The van der Waals surface area contributed by atoms with Crippen LogP contribution in [0.15, 0.2) is 64.3 Å². The monoisotopic (exact) mass is 513 g/mol. The molecule has 0 unspecified atom stereocenters. The molecule has 9 nitrogen and oxygen atoms in total. The van der Waals surface area contributed by atoms with Crippen molar-refractivity contribution in [2.24, 2.45) is 0 Å².